The van der Waals surface area contributed by atoms with Crippen LogP contribution in [0.25, 0.3) is 0 Å². The number of amides is 1. The Kier molecular flexibility index (Phi) is 5.85. The van der Waals surface area contributed by atoms with Crippen LogP contribution in [0.15, 0.2) is 47.0 Å². The highest BCUT2D eigenvalue weighted by molar-refractivity contribution is 7.99. The average Bonchev–Trinajstić information content (AvgIpc) is 3.35. The van der Waals surface area contributed by atoms with Crippen molar-refractivity contribution in [2.45, 2.75) is 19.3 Å². The Labute approximate surface area is 171 Å². The molecule has 4 rings (SSSR count). The molecule has 29 heavy (non-hydrogen) atoms. The van der Waals surface area contributed by atoms with Crippen molar-refractivity contribution in [1.29, 1.82) is 0 Å². The number of nitrogens with one attached hydrogen (secondary N) is 1. The highest BCUT2D eigenvalue weighted by Crippen LogP contribution is 2.35. The van der Waals surface area contributed by atoms with Gasteiger partial charge in [-0.1, -0.05) is 17.3 Å². The molecule has 0 fully saturated rings. The summed E-state index contributed by atoms with van der Waals surface area (Å²) in [6.07, 6.45) is 0. The second-order valence-corrected chi connectivity index (χ2v) is 7.26. The molecule has 1 aliphatic heterocycles. The molecule has 0 atom stereocenters. The maximum atomic E-state index is 12.2. The van der Waals surface area contributed by atoms with E-state index in [0.717, 1.165) is 17.0 Å². The van der Waals surface area contributed by atoms with Crippen molar-refractivity contribution < 1.29 is 23.5 Å². The molecule has 1 amide bonds. The van der Waals surface area contributed by atoms with Gasteiger partial charge in [-0.3, -0.25) is 4.79 Å². The Balaban J connectivity index is 1.26. The molecule has 3 aromatic rings. The van der Waals surface area contributed by atoms with Crippen LogP contribution >= 0.6 is 11.8 Å². The van der Waals surface area contributed by atoms with Crippen molar-refractivity contribution in [2.75, 3.05) is 17.9 Å². The largest absolute Gasteiger partial charge is 0.489 e. The number of anilines is 1. The van der Waals surface area contributed by atoms with Crippen molar-refractivity contribution >= 4 is 23.4 Å². The molecule has 2 heterocycles. The van der Waals surface area contributed by atoms with Gasteiger partial charge in [0.05, 0.1) is 11.5 Å². The van der Waals surface area contributed by atoms with E-state index in [1.54, 1.807) is 13.0 Å². The van der Waals surface area contributed by atoms with Crippen LogP contribution in [0, 0.1) is 6.92 Å². The minimum atomic E-state index is -0.0935. The van der Waals surface area contributed by atoms with E-state index in [1.807, 2.05) is 36.4 Å². The number of fused-ring (bicyclic) bond motifs is 1. The first-order valence-corrected chi connectivity index (χ1v) is 10.1. The van der Waals surface area contributed by atoms with Crippen LogP contribution in [0.2, 0.25) is 0 Å². The first-order valence-electron chi connectivity index (χ1n) is 8.94. The lowest BCUT2D eigenvalue weighted by molar-refractivity contribution is -0.113. The Morgan fingerprint density at radius 1 is 1.21 bits per heavy atom. The van der Waals surface area contributed by atoms with E-state index in [1.165, 1.54) is 11.8 Å². The number of carbonyl (C=O) groups is 1. The number of hydrogen-bond acceptors (Lipinski definition) is 8. The van der Waals surface area contributed by atoms with Gasteiger partial charge in [0.15, 0.2) is 17.3 Å². The minimum Gasteiger partial charge on any atom is -0.489 e. The lowest BCUT2D eigenvalue weighted by Crippen LogP contribution is -2.14. The zero-order valence-electron chi connectivity index (χ0n) is 15.7. The number of hydrogen-bond donors (Lipinski definition) is 1. The highest BCUT2D eigenvalue weighted by Gasteiger charge is 2.13. The summed E-state index contributed by atoms with van der Waals surface area (Å²) in [5, 5.41) is 6.70. The smallest absolute Gasteiger partial charge is 0.234 e. The number of carbonyl (C=O) groups excluding carboxylic acids is 1. The Morgan fingerprint density at radius 3 is 2.97 bits per heavy atom. The van der Waals surface area contributed by atoms with E-state index in [2.05, 4.69) is 15.5 Å². The van der Waals surface area contributed by atoms with Crippen LogP contribution in [0.3, 0.4) is 0 Å². The molecule has 0 bridgehead atoms. The summed E-state index contributed by atoms with van der Waals surface area (Å²) in [4.78, 5) is 16.3. The summed E-state index contributed by atoms with van der Waals surface area (Å²) in [6.45, 7) is 2.33. The zero-order chi connectivity index (χ0) is 20.1. The molecular weight excluding hydrogens is 394 g/mol. The molecule has 2 aromatic carbocycles. The Hall–Kier alpha value is -3.20. The summed E-state index contributed by atoms with van der Waals surface area (Å²) in [5.41, 5.74) is 1.66. The first kappa shape index (κ1) is 19.1. The molecule has 150 valence electrons. The van der Waals surface area contributed by atoms with Gasteiger partial charge in [-0.2, -0.15) is 4.98 Å². The highest BCUT2D eigenvalue weighted by atomic mass is 32.2. The summed E-state index contributed by atoms with van der Waals surface area (Å²) in [5.74, 6) is 3.92. The van der Waals surface area contributed by atoms with Crippen LogP contribution in [-0.2, 0) is 17.2 Å². The van der Waals surface area contributed by atoms with Gasteiger partial charge in [0.1, 0.15) is 12.4 Å². The molecule has 0 radical (unpaired) electrons. The fourth-order valence-corrected chi connectivity index (χ4v) is 3.36. The van der Waals surface area contributed by atoms with Crippen molar-refractivity contribution in [3.8, 4) is 17.2 Å². The van der Waals surface area contributed by atoms with Gasteiger partial charge in [-0.15, -0.1) is 11.8 Å². The van der Waals surface area contributed by atoms with Gasteiger partial charge >= 0.3 is 0 Å². The normalized spacial score (nSPS) is 12.0. The Bertz CT molecular complexity index is 1010. The third kappa shape index (κ3) is 5.20. The average molecular weight is 413 g/mol. The maximum Gasteiger partial charge on any atom is 0.234 e. The van der Waals surface area contributed by atoms with E-state index < -0.39 is 0 Å². The number of aryl methyl sites for hydroxylation is 1. The molecule has 0 unspecified atom stereocenters. The van der Waals surface area contributed by atoms with Gasteiger partial charge < -0.3 is 24.1 Å². The number of rotatable bonds is 8. The molecule has 1 N–H and O–H groups in total. The lowest BCUT2D eigenvalue weighted by atomic mass is 10.2. The van der Waals surface area contributed by atoms with Crippen molar-refractivity contribution in [2.24, 2.45) is 0 Å². The first-order chi connectivity index (χ1) is 14.2. The third-order valence-corrected chi connectivity index (χ3v) is 4.92. The molecule has 0 aliphatic carbocycles. The monoisotopic (exact) mass is 413 g/mol. The van der Waals surface area contributed by atoms with Crippen molar-refractivity contribution in [1.82, 2.24) is 10.1 Å². The number of aromatic nitrogens is 2. The summed E-state index contributed by atoms with van der Waals surface area (Å²) in [6, 6.07) is 13.0. The van der Waals surface area contributed by atoms with Crippen LogP contribution in [0.5, 0.6) is 17.2 Å². The molecule has 8 nitrogen and oxygen atoms in total. The fourth-order valence-electron chi connectivity index (χ4n) is 2.70. The van der Waals surface area contributed by atoms with E-state index in [9.17, 15) is 4.79 Å². The minimum absolute atomic E-state index is 0.0935. The second kappa shape index (κ2) is 8.87. The molecular formula is C20H19N3O5S. The number of nitrogens with zero attached hydrogens (tertiary/aromatic N) is 2. The van der Waals surface area contributed by atoms with Gasteiger partial charge in [-0.05, 0) is 29.8 Å². The van der Waals surface area contributed by atoms with Crippen molar-refractivity contribution in [3.63, 3.8) is 0 Å². The molecule has 1 aromatic heterocycles. The van der Waals surface area contributed by atoms with Crippen LogP contribution in [0.4, 0.5) is 5.69 Å². The Morgan fingerprint density at radius 2 is 2.10 bits per heavy atom. The third-order valence-electron chi connectivity index (χ3n) is 3.99. The van der Waals surface area contributed by atoms with E-state index in [-0.39, 0.29) is 12.7 Å². The van der Waals surface area contributed by atoms with Gasteiger partial charge in [0.2, 0.25) is 18.6 Å². The number of thioether (sulfide) groups is 1. The number of benzene rings is 2. The fraction of sp³-hybridized carbons (Fsp3) is 0.250. The topological polar surface area (TPSA) is 95.7 Å². The SMILES string of the molecule is Cc1nc(CSCC(=O)Nc2cccc(COc3ccc4c(c3)OCO4)c2)no1. The van der Waals surface area contributed by atoms with Crippen molar-refractivity contribution in [3.05, 3.63) is 59.7 Å². The van der Waals surface area contributed by atoms with E-state index >= 15 is 0 Å². The second-order valence-electron chi connectivity index (χ2n) is 6.27. The van der Waals surface area contributed by atoms with Crippen LogP contribution in [0.1, 0.15) is 17.3 Å². The van der Waals surface area contributed by atoms with E-state index in [0.29, 0.717) is 41.3 Å². The summed E-state index contributed by atoms with van der Waals surface area (Å²) >= 11 is 1.42. The summed E-state index contributed by atoms with van der Waals surface area (Å²) < 4.78 is 21.4. The number of ether oxygens (including phenoxy) is 3. The zero-order valence-corrected chi connectivity index (χ0v) is 16.5. The van der Waals surface area contributed by atoms with Gasteiger partial charge in [-0.25, -0.2) is 0 Å². The predicted octanol–water partition coefficient (Wildman–Crippen LogP) is 3.56. The standard InChI is InChI=1S/C20H19N3O5S/c1-13-21-19(23-28-13)10-29-11-20(24)22-15-4-2-3-14(7-15)9-25-16-5-6-17-18(8-16)27-12-26-17/h2-8H,9-12H2,1H3,(H,22,24). The quantitative estimate of drug-likeness (QED) is 0.599. The predicted molar refractivity (Wildman–Crippen MR) is 107 cm³/mol. The molecule has 0 saturated heterocycles. The van der Waals surface area contributed by atoms with Gasteiger partial charge in [0.25, 0.3) is 0 Å². The lowest BCUT2D eigenvalue weighted by Gasteiger charge is -2.09. The molecule has 9 heteroatoms. The van der Waals surface area contributed by atoms with E-state index in [4.69, 9.17) is 18.7 Å². The van der Waals surface area contributed by atoms with Gasteiger partial charge in [0, 0.05) is 18.7 Å². The molecule has 0 spiro atoms. The maximum absolute atomic E-state index is 12.2. The van der Waals surface area contributed by atoms with Crippen LogP contribution in [-0.4, -0.2) is 28.6 Å². The van der Waals surface area contributed by atoms with Crippen LogP contribution < -0.4 is 19.5 Å². The summed E-state index contributed by atoms with van der Waals surface area (Å²) in [7, 11) is 0. The molecule has 1 aliphatic rings. The molecule has 0 saturated carbocycles.